The highest BCUT2D eigenvalue weighted by Gasteiger charge is 2.13. The van der Waals surface area contributed by atoms with E-state index in [9.17, 15) is 4.79 Å². The second-order valence-corrected chi connectivity index (χ2v) is 2.43. The Morgan fingerprint density at radius 2 is 2.09 bits per heavy atom. The fourth-order valence-corrected chi connectivity index (χ4v) is 0.929. The summed E-state index contributed by atoms with van der Waals surface area (Å²) in [6, 6.07) is 0. The lowest BCUT2D eigenvalue weighted by Crippen LogP contribution is -2.07. The van der Waals surface area contributed by atoms with Crippen molar-refractivity contribution in [1.29, 1.82) is 0 Å². The van der Waals surface area contributed by atoms with Crippen LogP contribution < -0.4 is 0 Å². The Balaban J connectivity index is 3.00. The summed E-state index contributed by atoms with van der Waals surface area (Å²) in [6.45, 7) is 5.35. The maximum atomic E-state index is 11.1. The zero-order valence-electron chi connectivity index (χ0n) is 6.68. The minimum Gasteiger partial charge on any atom is -0.497 e. The monoisotopic (exact) mass is 150 g/mol. The minimum absolute atomic E-state index is 0.00852. The number of allylic oxidation sites excluding steroid dienone is 4. The molecule has 0 saturated carbocycles. The first-order valence-electron chi connectivity index (χ1n) is 3.32. The van der Waals surface area contributed by atoms with Gasteiger partial charge in [-0.2, -0.15) is 0 Å². The van der Waals surface area contributed by atoms with Crippen molar-refractivity contribution in [1.82, 2.24) is 0 Å². The normalized spacial score (nSPS) is 17.6. The number of hydrogen-bond acceptors (Lipinski definition) is 2. The second-order valence-electron chi connectivity index (χ2n) is 2.43. The largest absolute Gasteiger partial charge is 0.497 e. The standard InChI is InChI=1S/C9H10O2/c1-6-4-8(11-3)5-7(2)9(6)10/h4-5H,1H2,2-3H3. The Morgan fingerprint density at radius 1 is 1.45 bits per heavy atom. The summed E-state index contributed by atoms with van der Waals surface area (Å²) in [5.74, 6) is 0.679. The lowest BCUT2D eigenvalue weighted by atomic mass is 10.0. The zero-order valence-corrected chi connectivity index (χ0v) is 6.68. The summed E-state index contributed by atoms with van der Waals surface area (Å²) in [4.78, 5) is 11.1. The van der Waals surface area contributed by atoms with E-state index in [2.05, 4.69) is 6.58 Å². The summed E-state index contributed by atoms with van der Waals surface area (Å²) >= 11 is 0. The van der Waals surface area contributed by atoms with Crippen molar-refractivity contribution in [2.45, 2.75) is 6.92 Å². The average Bonchev–Trinajstić information content (AvgIpc) is 1.99. The SMILES string of the molecule is C=C1C=C(OC)C=C(C)C1=O. The van der Waals surface area contributed by atoms with Crippen molar-refractivity contribution in [3.05, 3.63) is 35.6 Å². The number of methoxy groups -OCH3 is 1. The summed E-state index contributed by atoms with van der Waals surface area (Å²) in [5, 5.41) is 0. The highest BCUT2D eigenvalue weighted by Crippen LogP contribution is 2.16. The van der Waals surface area contributed by atoms with Gasteiger partial charge in [-0.1, -0.05) is 6.58 Å². The Hall–Kier alpha value is -1.31. The van der Waals surface area contributed by atoms with Crippen LogP contribution in [0.2, 0.25) is 0 Å². The van der Waals surface area contributed by atoms with Crippen LogP contribution >= 0.6 is 0 Å². The zero-order chi connectivity index (χ0) is 8.43. The lowest BCUT2D eigenvalue weighted by Gasteiger charge is -2.09. The third kappa shape index (κ3) is 1.40. The van der Waals surface area contributed by atoms with Gasteiger partial charge in [0.15, 0.2) is 5.78 Å². The van der Waals surface area contributed by atoms with Crippen LogP contribution in [0, 0.1) is 0 Å². The van der Waals surface area contributed by atoms with Gasteiger partial charge in [0, 0.05) is 11.1 Å². The molecule has 2 heteroatoms. The lowest BCUT2D eigenvalue weighted by molar-refractivity contribution is -0.112. The van der Waals surface area contributed by atoms with Crippen molar-refractivity contribution in [3.8, 4) is 0 Å². The highest BCUT2D eigenvalue weighted by molar-refractivity contribution is 6.10. The van der Waals surface area contributed by atoms with Crippen LogP contribution in [-0.2, 0) is 9.53 Å². The molecule has 0 aromatic rings. The summed E-state index contributed by atoms with van der Waals surface area (Å²) in [6.07, 6.45) is 3.34. The molecular weight excluding hydrogens is 140 g/mol. The third-order valence-electron chi connectivity index (χ3n) is 1.56. The molecule has 1 aliphatic carbocycles. The summed E-state index contributed by atoms with van der Waals surface area (Å²) < 4.78 is 4.95. The van der Waals surface area contributed by atoms with Gasteiger partial charge in [0.25, 0.3) is 0 Å². The van der Waals surface area contributed by atoms with Gasteiger partial charge in [0.2, 0.25) is 0 Å². The third-order valence-corrected chi connectivity index (χ3v) is 1.56. The molecule has 0 N–H and O–H groups in total. The maximum absolute atomic E-state index is 11.1. The Morgan fingerprint density at radius 3 is 2.55 bits per heavy atom. The molecule has 0 atom stereocenters. The van der Waals surface area contributed by atoms with E-state index in [0.717, 1.165) is 0 Å². The van der Waals surface area contributed by atoms with Gasteiger partial charge in [-0.25, -0.2) is 0 Å². The van der Waals surface area contributed by atoms with Gasteiger partial charge in [0.1, 0.15) is 5.76 Å². The molecule has 0 aromatic heterocycles. The van der Waals surface area contributed by atoms with E-state index < -0.39 is 0 Å². The van der Waals surface area contributed by atoms with E-state index >= 15 is 0 Å². The number of Topliss-reactive ketones (excluding diaryl/α,β-unsaturated/α-hetero) is 1. The molecule has 0 heterocycles. The van der Waals surface area contributed by atoms with E-state index in [1.807, 2.05) is 0 Å². The molecule has 0 aromatic carbocycles. The Labute approximate surface area is 65.9 Å². The first kappa shape index (κ1) is 7.79. The topological polar surface area (TPSA) is 26.3 Å². The molecule has 0 radical (unpaired) electrons. The molecule has 0 amide bonds. The van der Waals surface area contributed by atoms with Crippen LogP contribution in [0.4, 0.5) is 0 Å². The molecule has 1 aliphatic rings. The van der Waals surface area contributed by atoms with Crippen LogP contribution in [0.15, 0.2) is 35.6 Å². The Bertz CT molecular complexity index is 269. The van der Waals surface area contributed by atoms with Crippen molar-refractivity contribution in [3.63, 3.8) is 0 Å². The van der Waals surface area contributed by atoms with Gasteiger partial charge in [-0.05, 0) is 19.1 Å². The number of carbonyl (C=O) groups excluding carboxylic acids is 1. The van der Waals surface area contributed by atoms with E-state index in [-0.39, 0.29) is 5.78 Å². The molecule has 0 saturated heterocycles. The van der Waals surface area contributed by atoms with E-state index in [1.54, 1.807) is 26.2 Å². The molecule has 0 bridgehead atoms. The molecule has 0 fully saturated rings. The Kier molecular flexibility index (Phi) is 1.94. The van der Waals surface area contributed by atoms with Gasteiger partial charge >= 0.3 is 0 Å². The van der Waals surface area contributed by atoms with E-state index in [0.29, 0.717) is 16.9 Å². The number of rotatable bonds is 1. The summed E-state index contributed by atoms with van der Waals surface area (Å²) in [7, 11) is 1.57. The number of ether oxygens (including phenoxy) is 1. The molecule has 2 nitrogen and oxygen atoms in total. The van der Waals surface area contributed by atoms with Crippen LogP contribution in [0.5, 0.6) is 0 Å². The predicted molar refractivity (Wildman–Crippen MR) is 43.0 cm³/mol. The molecular formula is C9H10O2. The molecule has 1 rings (SSSR count). The molecule has 0 spiro atoms. The van der Waals surface area contributed by atoms with Crippen molar-refractivity contribution in [2.24, 2.45) is 0 Å². The fraction of sp³-hybridized carbons (Fsp3) is 0.222. The number of hydrogen-bond donors (Lipinski definition) is 0. The maximum Gasteiger partial charge on any atom is 0.188 e. The first-order chi connectivity index (χ1) is 5.15. The van der Waals surface area contributed by atoms with Crippen molar-refractivity contribution >= 4 is 5.78 Å². The molecule has 0 unspecified atom stereocenters. The fourth-order valence-electron chi connectivity index (χ4n) is 0.929. The van der Waals surface area contributed by atoms with Crippen LogP contribution in [0.25, 0.3) is 0 Å². The van der Waals surface area contributed by atoms with Gasteiger partial charge in [-0.3, -0.25) is 4.79 Å². The van der Waals surface area contributed by atoms with Crippen molar-refractivity contribution < 1.29 is 9.53 Å². The predicted octanol–water partition coefficient (Wildman–Crippen LogP) is 1.60. The van der Waals surface area contributed by atoms with E-state index in [1.165, 1.54) is 0 Å². The van der Waals surface area contributed by atoms with Gasteiger partial charge < -0.3 is 4.74 Å². The molecule has 58 valence electrons. The van der Waals surface area contributed by atoms with E-state index in [4.69, 9.17) is 4.74 Å². The molecule has 11 heavy (non-hydrogen) atoms. The first-order valence-corrected chi connectivity index (χ1v) is 3.32. The number of ketones is 1. The van der Waals surface area contributed by atoms with Gasteiger partial charge in [-0.15, -0.1) is 0 Å². The quantitative estimate of drug-likeness (QED) is 0.531. The second kappa shape index (κ2) is 2.74. The van der Waals surface area contributed by atoms with Crippen LogP contribution in [0.3, 0.4) is 0 Å². The van der Waals surface area contributed by atoms with Gasteiger partial charge in [0.05, 0.1) is 7.11 Å². The minimum atomic E-state index is -0.00852. The number of carbonyl (C=O) groups is 1. The molecule has 0 aliphatic heterocycles. The smallest absolute Gasteiger partial charge is 0.188 e. The summed E-state index contributed by atoms with van der Waals surface area (Å²) in [5.41, 5.74) is 1.16. The van der Waals surface area contributed by atoms with Crippen molar-refractivity contribution in [2.75, 3.05) is 7.11 Å². The van der Waals surface area contributed by atoms with Crippen LogP contribution in [0.1, 0.15) is 6.92 Å². The highest BCUT2D eigenvalue weighted by atomic mass is 16.5. The van der Waals surface area contributed by atoms with Crippen LogP contribution in [-0.4, -0.2) is 12.9 Å². The average molecular weight is 150 g/mol.